The molecule has 1 atom stereocenters. The maximum absolute atomic E-state index is 13.0. The molecular weight excluding hydrogens is 392 g/mol. The first-order valence-electron chi connectivity index (χ1n) is 9.36. The monoisotopic (exact) mass is 406 g/mol. The van der Waals surface area contributed by atoms with E-state index in [1.54, 1.807) is 48.5 Å². The van der Waals surface area contributed by atoms with Crippen LogP contribution in [0.3, 0.4) is 0 Å². The maximum Gasteiger partial charge on any atom is 0.342 e. The lowest BCUT2D eigenvalue weighted by Gasteiger charge is -2.42. The molecule has 0 saturated heterocycles. The lowest BCUT2D eigenvalue weighted by Crippen LogP contribution is -2.53. The summed E-state index contributed by atoms with van der Waals surface area (Å²) in [6, 6.07) is 21.3. The van der Waals surface area contributed by atoms with Crippen molar-refractivity contribution in [2.24, 2.45) is 5.41 Å². The average Bonchev–Trinajstić information content (AvgIpc) is 2.82. The molecule has 0 fully saturated rings. The van der Waals surface area contributed by atoms with Crippen molar-refractivity contribution < 1.29 is 9.15 Å². The number of ether oxygens (including phenoxy) is 1. The molecule has 7 heteroatoms. The number of hydrogen-bond donors (Lipinski definition) is 0. The van der Waals surface area contributed by atoms with Gasteiger partial charge in [-0.05, 0) is 29.7 Å². The predicted octanol–water partition coefficient (Wildman–Crippen LogP) is 3.46. The van der Waals surface area contributed by atoms with E-state index in [0.717, 1.165) is 0 Å². The van der Waals surface area contributed by atoms with Gasteiger partial charge in [-0.3, -0.25) is 0 Å². The van der Waals surface area contributed by atoms with E-state index in [-0.39, 0.29) is 17.6 Å². The summed E-state index contributed by atoms with van der Waals surface area (Å²) in [6.45, 7) is 0. The van der Waals surface area contributed by atoms with E-state index in [1.807, 2.05) is 24.3 Å². The van der Waals surface area contributed by atoms with Crippen molar-refractivity contribution in [1.82, 2.24) is 0 Å². The fourth-order valence-electron chi connectivity index (χ4n) is 4.49. The third-order valence-electron chi connectivity index (χ3n) is 6.01. The van der Waals surface area contributed by atoms with E-state index < -0.39 is 22.4 Å². The normalized spacial score (nSPS) is 17.9. The molecule has 1 aliphatic rings. The molecular formula is C24H14N4O3. The highest BCUT2D eigenvalue weighted by molar-refractivity contribution is 5.84. The quantitative estimate of drug-likeness (QED) is 0.595. The molecule has 0 bridgehead atoms. The van der Waals surface area contributed by atoms with E-state index in [9.17, 15) is 25.8 Å². The van der Waals surface area contributed by atoms with E-state index in [4.69, 9.17) is 9.15 Å². The Kier molecular flexibility index (Phi) is 4.47. The van der Waals surface area contributed by atoms with Gasteiger partial charge in [0.15, 0.2) is 5.41 Å². The standard InChI is InChI=1S/C24H14N4O3/c1-30-16-7-8-17-18-10-19(15-5-3-2-4-6-15)23(11-25,12-26)24(13-27,14-28)21(18)22(29)31-20(17)9-16/h2-9,19H,10H2,1H3. The second-order valence-electron chi connectivity index (χ2n) is 7.28. The van der Waals surface area contributed by atoms with Crippen LogP contribution < -0.4 is 10.4 Å². The van der Waals surface area contributed by atoms with E-state index >= 15 is 0 Å². The molecule has 1 aromatic heterocycles. The Labute approximate surface area is 177 Å². The predicted molar refractivity (Wildman–Crippen MR) is 108 cm³/mol. The molecule has 1 unspecified atom stereocenters. The molecule has 0 amide bonds. The Morgan fingerprint density at radius 3 is 2.26 bits per heavy atom. The van der Waals surface area contributed by atoms with Crippen LogP contribution in [0.2, 0.25) is 0 Å². The average molecular weight is 406 g/mol. The largest absolute Gasteiger partial charge is 0.497 e. The molecule has 31 heavy (non-hydrogen) atoms. The minimum Gasteiger partial charge on any atom is -0.497 e. The lowest BCUT2D eigenvalue weighted by atomic mass is 9.50. The summed E-state index contributed by atoms with van der Waals surface area (Å²) >= 11 is 0. The number of methoxy groups -OCH3 is 1. The second kappa shape index (κ2) is 7.03. The SMILES string of the molecule is COc1ccc2c3c(c(=O)oc2c1)C(C#N)(C#N)C(C#N)(C#N)C(c1ccccc1)C3. The molecule has 3 aromatic rings. The van der Waals surface area contributed by atoms with Gasteiger partial charge in [0.1, 0.15) is 11.3 Å². The lowest BCUT2D eigenvalue weighted by molar-refractivity contribution is 0.287. The van der Waals surface area contributed by atoms with Gasteiger partial charge in [0.2, 0.25) is 5.41 Å². The van der Waals surface area contributed by atoms with Gasteiger partial charge in [0.25, 0.3) is 0 Å². The minimum absolute atomic E-state index is 0.111. The molecule has 0 N–H and O–H groups in total. The highest BCUT2D eigenvalue weighted by atomic mass is 16.5. The fourth-order valence-corrected chi connectivity index (χ4v) is 4.49. The van der Waals surface area contributed by atoms with Crippen LogP contribution in [0.5, 0.6) is 5.75 Å². The molecule has 0 spiro atoms. The zero-order valence-electron chi connectivity index (χ0n) is 16.4. The van der Waals surface area contributed by atoms with Crippen LogP contribution in [-0.2, 0) is 11.8 Å². The van der Waals surface area contributed by atoms with E-state index in [2.05, 4.69) is 0 Å². The van der Waals surface area contributed by atoms with Crippen molar-refractivity contribution >= 4 is 11.0 Å². The Balaban J connectivity index is 2.19. The molecule has 1 aliphatic carbocycles. The Hall–Kier alpha value is -4.59. The van der Waals surface area contributed by atoms with Crippen LogP contribution in [0.4, 0.5) is 0 Å². The zero-order chi connectivity index (χ0) is 22.2. The summed E-state index contributed by atoms with van der Waals surface area (Å²) in [5, 5.41) is 41.1. The van der Waals surface area contributed by atoms with Crippen LogP contribution in [0.1, 0.15) is 22.6 Å². The highest BCUT2D eigenvalue weighted by Crippen LogP contribution is 2.56. The number of nitrogens with zero attached hydrogens (tertiary/aromatic N) is 4. The van der Waals surface area contributed by atoms with Crippen molar-refractivity contribution in [3.05, 3.63) is 75.6 Å². The number of rotatable bonds is 2. The van der Waals surface area contributed by atoms with Crippen LogP contribution in [0.15, 0.2) is 57.7 Å². The summed E-state index contributed by atoms with van der Waals surface area (Å²) in [4.78, 5) is 13.0. The van der Waals surface area contributed by atoms with Crippen LogP contribution in [0.25, 0.3) is 11.0 Å². The molecule has 0 radical (unpaired) electrons. The Morgan fingerprint density at radius 1 is 1.00 bits per heavy atom. The van der Waals surface area contributed by atoms with E-state index in [1.165, 1.54) is 7.11 Å². The summed E-state index contributed by atoms with van der Waals surface area (Å²) in [5.41, 5.74) is -4.32. The van der Waals surface area contributed by atoms with Crippen LogP contribution in [-0.4, -0.2) is 7.11 Å². The minimum atomic E-state index is -2.33. The smallest absolute Gasteiger partial charge is 0.342 e. The first-order chi connectivity index (χ1) is 15.0. The van der Waals surface area contributed by atoms with Crippen molar-refractivity contribution in [3.63, 3.8) is 0 Å². The molecule has 2 aromatic carbocycles. The molecule has 7 nitrogen and oxygen atoms in total. The second-order valence-corrected chi connectivity index (χ2v) is 7.28. The molecule has 0 saturated carbocycles. The summed E-state index contributed by atoms with van der Waals surface area (Å²) in [6.07, 6.45) is 0.111. The first kappa shape index (κ1) is 19.7. The molecule has 1 heterocycles. The van der Waals surface area contributed by atoms with Gasteiger partial charge in [0.05, 0.1) is 37.0 Å². The first-order valence-corrected chi connectivity index (χ1v) is 9.36. The van der Waals surface area contributed by atoms with Gasteiger partial charge in [-0.25, -0.2) is 4.79 Å². The van der Waals surface area contributed by atoms with Crippen molar-refractivity contribution in [1.29, 1.82) is 21.0 Å². The van der Waals surface area contributed by atoms with Crippen molar-refractivity contribution in [2.45, 2.75) is 17.8 Å². The van der Waals surface area contributed by atoms with Gasteiger partial charge in [-0.15, -0.1) is 0 Å². The Bertz CT molecular complexity index is 1400. The summed E-state index contributed by atoms with van der Waals surface area (Å²) in [7, 11) is 1.48. The van der Waals surface area contributed by atoms with E-state index in [0.29, 0.717) is 22.3 Å². The topological polar surface area (TPSA) is 135 Å². The number of nitriles is 4. The van der Waals surface area contributed by atoms with Gasteiger partial charge < -0.3 is 9.15 Å². The highest BCUT2D eigenvalue weighted by Gasteiger charge is 2.65. The molecule has 4 rings (SSSR count). The zero-order valence-corrected chi connectivity index (χ0v) is 16.4. The fraction of sp³-hybridized carbons (Fsp3) is 0.208. The van der Waals surface area contributed by atoms with Gasteiger partial charge in [0, 0.05) is 17.4 Å². The van der Waals surface area contributed by atoms with Gasteiger partial charge in [-0.1, -0.05) is 30.3 Å². The van der Waals surface area contributed by atoms with Crippen LogP contribution >= 0.6 is 0 Å². The van der Waals surface area contributed by atoms with Crippen molar-refractivity contribution in [3.8, 4) is 30.0 Å². The number of fused-ring (bicyclic) bond motifs is 3. The van der Waals surface area contributed by atoms with Gasteiger partial charge >= 0.3 is 5.63 Å². The number of benzene rings is 2. The number of hydrogen-bond acceptors (Lipinski definition) is 7. The third kappa shape index (κ3) is 2.45. The summed E-state index contributed by atoms with van der Waals surface area (Å²) < 4.78 is 10.6. The molecule has 148 valence electrons. The Morgan fingerprint density at radius 2 is 1.68 bits per heavy atom. The van der Waals surface area contributed by atoms with Crippen molar-refractivity contribution in [2.75, 3.05) is 7.11 Å². The third-order valence-corrected chi connectivity index (χ3v) is 6.01. The summed E-state index contributed by atoms with van der Waals surface area (Å²) in [5.74, 6) is -0.344. The van der Waals surface area contributed by atoms with Crippen LogP contribution in [0, 0.1) is 50.7 Å². The molecule has 0 aliphatic heterocycles. The van der Waals surface area contributed by atoms with Gasteiger partial charge in [-0.2, -0.15) is 21.0 Å². The maximum atomic E-state index is 13.0.